The third kappa shape index (κ3) is 2.51. The van der Waals surface area contributed by atoms with E-state index in [4.69, 9.17) is 5.11 Å². The molecule has 0 bridgehead atoms. The predicted octanol–water partition coefficient (Wildman–Crippen LogP) is 0.675. The van der Waals surface area contributed by atoms with Crippen LogP contribution in [0, 0.1) is 0 Å². The van der Waals surface area contributed by atoms with E-state index in [9.17, 15) is 8.78 Å². The second kappa shape index (κ2) is 2.91. The number of aliphatic hydroxyl groups is 1. The smallest absolute Gasteiger partial charge is 0.134 e. The van der Waals surface area contributed by atoms with Crippen LogP contribution in [0.2, 0.25) is 0 Å². The first-order chi connectivity index (χ1) is 3.30. The van der Waals surface area contributed by atoms with Gasteiger partial charge in [-0.2, -0.15) is 0 Å². The van der Waals surface area contributed by atoms with Gasteiger partial charge in [-0.05, 0) is 0 Å². The van der Waals surface area contributed by atoms with Gasteiger partial charge in [0.15, 0.2) is 0 Å². The van der Waals surface area contributed by atoms with Crippen LogP contribution in [0.5, 0.6) is 0 Å². The molecule has 1 nitrogen and oxygen atoms in total. The summed E-state index contributed by atoms with van der Waals surface area (Å²) in [4.78, 5) is 0. The Morgan fingerprint density at radius 2 is 1.43 bits per heavy atom. The van der Waals surface area contributed by atoms with Crippen LogP contribution in [-0.4, -0.2) is 24.6 Å². The lowest BCUT2D eigenvalue weighted by atomic mass is 10.9. The van der Waals surface area contributed by atoms with Gasteiger partial charge in [0.1, 0.15) is 12.3 Å². The van der Waals surface area contributed by atoms with E-state index in [1.54, 1.807) is 0 Å². The summed E-state index contributed by atoms with van der Waals surface area (Å²) >= 11 is 0. The lowest BCUT2D eigenvalue weighted by molar-refractivity contribution is 0.372. The van der Waals surface area contributed by atoms with Gasteiger partial charge in [-0.1, -0.05) is 0 Å². The van der Waals surface area contributed by atoms with E-state index in [2.05, 4.69) is 0 Å². The molecule has 0 saturated heterocycles. The zero-order valence-electron chi connectivity index (χ0n) is 4.06. The van der Waals surface area contributed by atoms with Gasteiger partial charge in [0.25, 0.3) is 0 Å². The Bertz CT molecular complexity index is 43.0. The van der Waals surface area contributed by atoms with Crippen LogP contribution in [-0.2, 0) is 0 Å². The molecular weight excluding hydrogens is 102 g/mol. The molecule has 3 heteroatoms. The molecule has 0 aliphatic heterocycles. The highest BCUT2D eigenvalue weighted by atomic mass is 19.2. The minimum absolute atomic E-state index is 0.139. The molecule has 1 aliphatic rings. The van der Waals surface area contributed by atoms with Gasteiger partial charge in [0.05, 0.1) is 0 Å². The molecule has 0 spiro atoms. The first-order valence-electron chi connectivity index (χ1n) is 2.03. The third-order valence-electron chi connectivity index (χ3n) is 0.640. The molecule has 44 valence electrons. The fourth-order valence-corrected chi connectivity index (χ4v) is 0.137. The zero-order valence-corrected chi connectivity index (χ0v) is 4.06. The highest BCUT2D eigenvalue weighted by Gasteiger charge is 2.37. The molecule has 0 aromatic rings. The summed E-state index contributed by atoms with van der Waals surface area (Å²) in [7, 11) is 1.00. The van der Waals surface area contributed by atoms with Gasteiger partial charge < -0.3 is 5.11 Å². The Morgan fingerprint density at radius 1 is 1.29 bits per heavy atom. The highest BCUT2D eigenvalue weighted by molar-refractivity contribution is 4.85. The van der Waals surface area contributed by atoms with Crippen LogP contribution in [0.1, 0.15) is 6.42 Å². The molecule has 0 aromatic heterocycles. The maximum absolute atomic E-state index is 11.1. The summed E-state index contributed by atoms with van der Waals surface area (Å²) in [5.41, 5.74) is 0. The average Bonchev–Trinajstić information content (AvgIpc) is 2.27. The molecular formula is C4H8F2O. The van der Waals surface area contributed by atoms with Crippen molar-refractivity contribution >= 4 is 0 Å². The van der Waals surface area contributed by atoms with Crippen molar-refractivity contribution in [3.63, 3.8) is 0 Å². The topological polar surface area (TPSA) is 20.2 Å². The zero-order chi connectivity index (χ0) is 5.86. The Kier molecular flexibility index (Phi) is 2.83. The Morgan fingerprint density at radius 3 is 1.43 bits per heavy atom. The summed E-state index contributed by atoms with van der Waals surface area (Å²) < 4.78 is 22.3. The number of hydrogen-bond donors (Lipinski definition) is 1. The molecule has 0 aromatic carbocycles. The maximum atomic E-state index is 11.1. The fraction of sp³-hybridized carbons (Fsp3) is 1.00. The van der Waals surface area contributed by atoms with Gasteiger partial charge in [0.2, 0.25) is 0 Å². The van der Waals surface area contributed by atoms with Gasteiger partial charge in [-0.15, -0.1) is 0 Å². The van der Waals surface area contributed by atoms with Crippen LogP contribution >= 0.6 is 0 Å². The Hall–Kier alpha value is -0.180. The van der Waals surface area contributed by atoms with Crippen molar-refractivity contribution in [2.75, 3.05) is 7.11 Å². The molecule has 2 atom stereocenters. The standard InChI is InChI=1S/C3H4F2.CH4O/c4-2-1-3(2)5;1-2/h2-3H,1H2;2H,1H3. The predicted molar refractivity (Wildman–Crippen MR) is 22.6 cm³/mol. The van der Waals surface area contributed by atoms with Gasteiger partial charge in [-0.25, -0.2) is 8.78 Å². The van der Waals surface area contributed by atoms with Crippen LogP contribution in [0.25, 0.3) is 0 Å². The normalized spacial score (nSPS) is 36.0. The van der Waals surface area contributed by atoms with Crippen LogP contribution < -0.4 is 0 Å². The minimum atomic E-state index is -1.12. The van der Waals surface area contributed by atoms with Crippen LogP contribution in [0.3, 0.4) is 0 Å². The summed E-state index contributed by atoms with van der Waals surface area (Å²) in [6.45, 7) is 0. The molecule has 2 unspecified atom stereocenters. The van der Waals surface area contributed by atoms with Crippen LogP contribution in [0.4, 0.5) is 8.78 Å². The number of hydrogen-bond acceptors (Lipinski definition) is 1. The van der Waals surface area contributed by atoms with Gasteiger partial charge in [-0.3, -0.25) is 0 Å². The molecule has 1 aliphatic carbocycles. The molecule has 0 radical (unpaired) electrons. The molecule has 0 amide bonds. The monoisotopic (exact) mass is 110 g/mol. The van der Waals surface area contributed by atoms with E-state index in [0.29, 0.717) is 0 Å². The van der Waals surface area contributed by atoms with Gasteiger partial charge in [0, 0.05) is 13.5 Å². The van der Waals surface area contributed by atoms with Crippen LogP contribution in [0.15, 0.2) is 0 Å². The lowest BCUT2D eigenvalue weighted by Crippen LogP contribution is -1.68. The SMILES string of the molecule is CO.FC1CC1F. The second-order valence-electron chi connectivity index (χ2n) is 1.27. The molecule has 0 heterocycles. The van der Waals surface area contributed by atoms with E-state index in [0.717, 1.165) is 7.11 Å². The van der Waals surface area contributed by atoms with Crippen molar-refractivity contribution < 1.29 is 13.9 Å². The van der Waals surface area contributed by atoms with Crippen molar-refractivity contribution in [3.8, 4) is 0 Å². The summed E-state index contributed by atoms with van der Waals surface area (Å²) in [6.07, 6.45) is -2.09. The lowest BCUT2D eigenvalue weighted by Gasteiger charge is -1.60. The minimum Gasteiger partial charge on any atom is -0.400 e. The largest absolute Gasteiger partial charge is 0.400 e. The van der Waals surface area contributed by atoms with E-state index in [1.807, 2.05) is 0 Å². The Labute approximate surface area is 41.0 Å². The van der Waals surface area contributed by atoms with Crippen molar-refractivity contribution in [1.82, 2.24) is 0 Å². The maximum Gasteiger partial charge on any atom is 0.134 e. The number of halogens is 2. The quantitative estimate of drug-likeness (QED) is 0.486. The summed E-state index contributed by atoms with van der Waals surface area (Å²) in [5, 5.41) is 7.00. The van der Waals surface area contributed by atoms with Crippen molar-refractivity contribution in [2.45, 2.75) is 18.8 Å². The number of rotatable bonds is 0. The van der Waals surface area contributed by atoms with Crippen molar-refractivity contribution in [1.29, 1.82) is 0 Å². The molecule has 1 N–H and O–H groups in total. The van der Waals surface area contributed by atoms with Crippen molar-refractivity contribution in [2.24, 2.45) is 0 Å². The fourth-order valence-electron chi connectivity index (χ4n) is 0.137. The summed E-state index contributed by atoms with van der Waals surface area (Å²) in [6, 6.07) is 0. The number of alkyl halides is 2. The molecule has 1 saturated carbocycles. The first-order valence-corrected chi connectivity index (χ1v) is 2.03. The first kappa shape index (κ1) is 6.82. The van der Waals surface area contributed by atoms with E-state index < -0.39 is 12.3 Å². The number of aliphatic hydroxyl groups excluding tert-OH is 1. The summed E-state index contributed by atoms with van der Waals surface area (Å²) in [5.74, 6) is 0. The second-order valence-corrected chi connectivity index (χ2v) is 1.27. The van der Waals surface area contributed by atoms with Gasteiger partial charge >= 0.3 is 0 Å². The van der Waals surface area contributed by atoms with Crippen molar-refractivity contribution in [3.05, 3.63) is 0 Å². The molecule has 1 rings (SSSR count). The molecule has 1 fully saturated rings. The van der Waals surface area contributed by atoms with E-state index in [-0.39, 0.29) is 6.42 Å². The third-order valence-corrected chi connectivity index (χ3v) is 0.640. The highest BCUT2D eigenvalue weighted by Crippen LogP contribution is 2.28. The van der Waals surface area contributed by atoms with E-state index >= 15 is 0 Å². The van der Waals surface area contributed by atoms with E-state index in [1.165, 1.54) is 0 Å². The average molecular weight is 110 g/mol. The Balaban J connectivity index is 0.000000162. The molecule has 7 heavy (non-hydrogen) atoms.